The summed E-state index contributed by atoms with van der Waals surface area (Å²) in [6, 6.07) is 10.3. The molecular weight excluding hydrogens is 272 g/mol. The zero-order valence-corrected chi connectivity index (χ0v) is 13.6. The lowest BCUT2D eigenvalue weighted by molar-refractivity contribution is 0.434. The molecule has 4 heteroatoms. The number of aromatic nitrogens is 2. The van der Waals surface area contributed by atoms with Crippen LogP contribution in [0.4, 0.5) is 17.5 Å². The maximum absolute atomic E-state index is 4.71. The van der Waals surface area contributed by atoms with Crippen molar-refractivity contribution in [3.8, 4) is 0 Å². The van der Waals surface area contributed by atoms with Crippen LogP contribution in [0.5, 0.6) is 0 Å². The minimum Gasteiger partial charge on any atom is -0.341 e. The first-order valence-electron chi connectivity index (χ1n) is 8.04. The van der Waals surface area contributed by atoms with Crippen LogP contribution in [-0.4, -0.2) is 23.1 Å². The molecule has 0 atom stereocenters. The van der Waals surface area contributed by atoms with Crippen molar-refractivity contribution in [2.75, 3.05) is 23.3 Å². The quantitative estimate of drug-likeness (QED) is 0.927. The number of nitrogens with zero attached hydrogens (tertiary/aromatic N) is 3. The SMILES string of the molecule is Cc1cccc(Nc2cc(C)nc(N3CCC(C)CC3)n2)c1. The van der Waals surface area contributed by atoms with Gasteiger partial charge in [-0.05, 0) is 50.3 Å². The monoisotopic (exact) mass is 296 g/mol. The molecule has 0 spiro atoms. The molecule has 1 saturated heterocycles. The second-order valence-corrected chi connectivity index (χ2v) is 6.36. The van der Waals surface area contributed by atoms with Crippen LogP contribution >= 0.6 is 0 Å². The van der Waals surface area contributed by atoms with Gasteiger partial charge in [-0.2, -0.15) is 4.98 Å². The molecule has 1 aromatic heterocycles. The maximum Gasteiger partial charge on any atom is 0.227 e. The number of benzene rings is 1. The highest BCUT2D eigenvalue weighted by Gasteiger charge is 2.18. The Labute approximate surface area is 132 Å². The number of hydrogen-bond donors (Lipinski definition) is 1. The van der Waals surface area contributed by atoms with E-state index in [0.29, 0.717) is 0 Å². The zero-order chi connectivity index (χ0) is 15.5. The lowest BCUT2D eigenvalue weighted by Crippen LogP contribution is -2.34. The normalized spacial score (nSPS) is 15.9. The Morgan fingerprint density at radius 2 is 1.86 bits per heavy atom. The molecule has 116 valence electrons. The first-order valence-corrected chi connectivity index (χ1v) is 8.04. The second-order valence-electron chi connectivity index (χ2n) is 6.36. The van der Waals surface area contributed by atoms with Crippen molar-refractivity contribution in [1.82, 2.24) is 9.97 Å². The van der Waals surface area contributed by atoms with E-state index in [1.165, 1.54) is 18.4 Å². The maximum atomic E-state index is 4.71. The van der Waals surface area contributed by atoms with E-state index >= 15 is 0 Å². The van der Waals surface area contributed by atoms with Crippen LogP contribution in [-0.2, 0) is 0 Å². The summed E-state index contributed by atoms with van der Waals surface area (Å²) in [5.74, 6) is 2.53. The molecular formula is C18H24N4. The lowest BCUT2D eigenvalue weighted by Gasteiger charge is -2.30. The van der Waals surface area contributed by atoms with Crippen LogP contribution in [0.25, 0.3) is 0 Å². The molecule has 2 heterocycles. The van der Waals surface area contributed by atoms with Crippen LogP contribution in [0.2, 0.25) is 0 Å². The first-order chi connectivity index (χ1) is 10.6. The topological polar surface area (TPSA) is 41.1 Å². The summed E-state index contributed by atoms with van der Waals surface area (Å²) in [7, 11) is 0. The molecule has 0 bridgehead atoms. The van der Waals surface area contributed by atoms with Gasteiger partial charge in [0.15, 0.2) is 0 Å². The molecule has 4 nitrogen and oxygen atoms in total. The standard InChI is InChI=1S/C18H24N4/c1-13-7-9-22(10-8-13)18-19-15(3)12-17(21-18)20-16-6-4-5-14(2)11-16/h4-6,11-13H,7-10H2,1-3H3,(H,19,20,21). The predicted molar refractivity (Wildman–Crippen MR) is 91.8 cm³/mol. The molecule has 0 unspecified atom stereocenters. The van der Waals surface area contributed by atoms with Gasteiger partial charge in [0.2, 0.25) is 5.95 Å². The van der Waals surface area contributed by atoms with E-state index in [1.807, 2.05) is 13.0 Å². The van der Waals surface area contributed by atoms with Gasteiger partial charge < -0.3 is 10.2 Å². The number of rotatable bonds is 3. The summed E-state index contributed by atoms with van der Waals surface area (Å²) < 4.78 is 0. The van der Waals surface area contributed by atoms with Crippen molar-refractivity contribution in [3.63, 3.8) is 0 Å². The summed E-state index contributed by atoms with van der Waals surface area (Å²) in [4.78, 5) is 11.6. The van der Waals surface area contributed by atoms with E-state index in [-0.39, 0.29) is 0 Å². The molecule has 1 aromatic carbocycles. The Bertz CT molecular complexity index is 645. The third-order valence-corrected chi connectivity index (χ3v) is 4.20. The van der Waals surface area contributed by atoms with E-state index in [2.05, 4.69) is 53.3 Å². The van der Waals surface area contributed by atoms with E-state index in [0.717, 1.165) is 42.2 Å². The average molecular weight is 296 g/mol. The molecule has 1 aliphatic heterocycles. The van der Waals surface area contributed by atoms with E-state index in [1.54, 1.807) is 0 Å². The van der Waals surface area contributed by atoms with Gasteiger partial charge in [-0.15, -0.1) is 0 Å². The highest BCUT2D eigenvalue weighted by atomic mass is 15.3. The number of nitrogens with one attached hydrogen (secondary N) is 1. The van der Waals surface area contributed by atoms with E-state index in [9.17, 15) is 0 Å². The highest BCUT2D eigenvalue weighted by Crippen LogP contribution is 2.23. The fourth-order valence-electron chi connectivity index (χ4n) is 2.84. The Morgan fingerprint density at radius 3 is 2.59 bits per heavy atom. The van der Waals surface area contributed by atoms with Crippen LogP contribution in [0.15, 0.2) is 30.3 Å². The lowest BCUT2D eigenvalue weighted by atomic mass is 10.00. The fourth-order valence-corrected chi connectivity index (χ4v) is 2.84. The molecule has 3 rings (SSSR count). The Hall–Kier alpha value is -2.10. The van der Waals surface area contributed by atoms with Gasteiger partial charge in [0.1, 0.15) is 5.82 Å². The summed E-state index contributed by atoms with van der Waals surface area (Å²) in [5, 5.41) is 3.40. The molecule has 22 heavy (non-hydrogen) atoms. The molecule has 0 radical (unpaired) electrons. The van der Waals surface area contributed by atoms with Crippen molar-refractivity contribution in [2.24, 2.45) is 5.92 Å². The minimum absolute atomic E-state index is 0.811. The molecule has 0 amide bonds. The highest BCUT2D eigenvalue weighted by molar-refractivity contribution is 5.58. The van der Waals surface area contributed by atoms with Gasteiger partial charge >= 0.3 is 0 Å². The Kier molecular flexibility index (Phi) is 4.27. The van der Waals surface area contributed by atoms with Crippen LogP contribution in [0.3, 0.4) is 0 Å². The van der Waals surface area contributed by atoms with E-state index in [4.69, 9.17) is 4.98 Å². The molecule has 2 aromatic rings. The summed E-state index contributed by atoms with van der Waals surface area (Å²) in [6.07, 6.45) is 2.44. The molecule has 1 fully saturated rings. The van der Waals surface area contributed by atoms with Crippen LogP contribution in [0, 0.1) is 19.8 Å². The van der Waals surface area contributed by atoms with Gasteiger partial charge in [-0.1, -0.05) is 19.1 Å². The van der Waals surface area contributed by atoms with Crippen LogP contribution in [0.1, 0.15) is 31.0 Å². The molecule has 0 saturated carbocycles. The zero-order valence-electron chi connectivity index (χ0n) is 13.6. The number of aryl methyl sites for hydroxylation is 2. The van der Waals surface area contributed by atoms with Gasteiger partial charge in [0.05, 0.1) is 0 Å². The van der Waals surface area contributed by atoms with Crippen LogP contribution < -0.4 is 10.2 Å². The smallest absolute Gasteiger partial charge is 0.227 e. The Balaban J connectivity index is 1.80. The fraction of sp³-hybridized carbons (Fsp3) is 0.444. The largest absolute Gasteiger partial charge is 0.341 e. The second kappa shape index (κ2) is 6.34. The van der Waals surface area contributed by atoms with Gasteiger partial charge in [-0.25, -0.2) is 4.98 Å². The molecule has 1 N–H and O–H groups in total. The summed E-state index contributed by atoms with van der Waals surface area (Å²) in [5.41, 5.74) is 3.30. The van der Waals surface area contributed by atoms with Crippen molar-refractivity contribution in [3.05, 3.63) is 41.6 Å². The Morgan fingerprint density at radius 1 is 1.09 bits per heavy atom. The van der Waals surface area contributed by atoms with Crippen molar-refractivity contribution >= 4 is 17.5 Å². The number of piperidine rings is 1. The summed E-state index contributed by atoms with van der Waals surface area (Å²) >= 11 is 0. The van der Waals surface area contributed by atoms with Crippen molar-refractivity contribution in [1.29, 1.82) is 0 Å². The number of anilines is 3. The molecule has 0 aliphatic carbocycles. The minimum atomic E-state index is 0.811. The van der Waals surface area contributed by atoms with Gasteiger partial charge in [0, 0.05) is 30.5 Å². The van der Waals surface area contributed by atoms with Crippen molar-refractivity contribution < 1.29 is 0 Å². The summed E-state index contributed by atoms with van der Waals surface area (Å²) in [6.45, 7) is 8.54. The predicted octanol–water partition coefficient (Wildman–Crippen LogP) is 4.07. The van der Waals surface area contributed by atoms with Gasteiger partial charge in [0.25, 0.3) is 0 Å². The third-order valence-electron chi connectivity index (χ3n) is 4.20. The van der Waals surface area contributed by atoms with E-state index < -0.39 is 0 Å². The average Bonchev–Trinajstić information content (AvgIpc) is 2.47. The van der Waals surface area contributed by atoms with Crippen molar-refractivity contribution in [2.45, 2.75) is 33.6 Å². The molecule has 1 aliphatic rings. The number of hydrogen-bond acceptors (Lipinski definition) is 4. The first kappa shape index (κ1) is 14.8. The van der Waals surface area contributed by atoms with Gasteiger partial charge in [-0.3, -0.25) is 0 Å². The third kappa shape index (κ3) is 3.56.